The van der Waals surface area contributed by atoms with Gasteiger partial charge in [0.05, 0.1) is 5.71 Å². The number of nitrogens with one attached hydrogen (secondary N) is 1. The van der Waals surface area contributed by atoms with Gasteiger partial charge in [0, 0.05) is 32.0 Å². The van der Waals surface area contributed by atoms with Crippen molar-refractivity contribution in [3.63, 3.8) is 0 Å². The fourth-order valence-electron chi connectivity index (χ4n) is 8.97. The van der Waals surface area contributed by atoms with E-state index in [0.717, 1.165) is 50.3 Å². The summed E-state index contributed by atoms with van der Waals surface area (Å²) in [6.45, 7) is 8.69. The van der Waals surface area contributed by atoms with E-state index in [1.54, 1.807) is 4.90 Å². The Morgan fingerprint density at radius 2 is 1.94 bits per heavy atom. The van der Waals surface area contributed by atoms with Gasteiger partial charge in [0.2, 0.25) is 0 Å². The number of allylic oxidation sites excluding steroid dienone is 1. The molecule has 5 rings (SSSR count). The number of oxime groups is 1. The zero-order chi connectivity index (χ0) is 24.8. The average Bonchev–Trinajstić information content (AvgIpc) is 3.20. The number of nitrogens with zero attached hydrogens (tertiary/aromatic N) is 2. The molecule has 6 heteroatoms. The predicted molar refractivity (Wildman–Crippen MR) is 138 cm³/mol. The van der Waals surface area contributed by atoms with Gasteiger partial charge in [-0.3, -0.25) is 9.63 Å². The van der Waals surface area contributed by atoms with Crippen molar-refractivity contribution in [2.45, 2.75) is 97.4 Å². The molecule has 1 amide bonds. The molecular formula is C29H45N3O3. The number of carbonyl (C=O) groups is 2. The van der Waals surface area contributed by atoms with E-state index in [1.807, 2.05) is 13.1 Å². The van der Waals surface area contributed by atoms with Gasteiger partial charge >= 0.3 is 6.09 Å². The maximum absolute atomic E-state index is 12.6. The number of fused-ring (bicyclic) bond motifs is 5. The molecule has 1 heterocycles. The molecule has 0 spiro atoms. The highest BCUT2D eigenvalue weighted by Gasteiger charge is 2.59. The number of rotatable bonds is 4. The highest BCUT2D eigenvalue weighted by atomic mass is 16.7. The Labute approximate surface area is 211 Å². The Morgan fingerprint density at radius 3 is 2.71 bits per heavy atom. The molecule has 4 aliphatic carbocycles. The minimum Gasteiger partial charge on any atom is -0.312 e. The molecule has 0 radical (unpaired) electrons. The second kappa shape index (κ2) is 9.64. The third-order valence-electron chi connectivity index (χ3n) is 11.0. The van der Waals surface area contributed by atoms with Crippen LogP contribution in [0.25, 0.3) is 0 Å². The third-order valence-corrected chi connectivity index (χ3v) is 11.0. The van der Waals surface area contributed by atoms with Crippen molar-refractivity contribution in [2.24, 2.45) is 39.7 Å². The molecular weight excluding hydrogens is 438 g/mol. The van der Waals surface area contributed by atoms with E-state index in [0.29, 0.717) is 36.1 Å². The van der Waals surface area contributed by atoms with Crippen LogP contribution < -0.4 is 5.32 Å². The Kier molecular flexibility index (Phi) is 6.88. The van der Waals surface area contributed by atoms with Gasteiger partial charge in [-0.25, -0.2) is 4.79 Å². The van der Waals surface area contributed by atoms with Gasteiger partial charge in [-0.2, -0.15) is 0 Å². The number of carbonyl (C=O) groups excluding carboxylic acids is 2. The molecule has 4 fully saturated rings. The Balaban J connectivity index is 1.24. The molecule has 5 aliphatic rings. The quantitative estimate of drug-likeness (QED) is 0.315. The van der Waals surface area contributed by atoms with Crippen LogP contribution in [-0.2, 0) is 9.63 Å². The summed E-state index contributed by atoms with van der Waals surface area (Å²) < 4.78 is 0. The van der Waals surface area contributed by atoms with E-state index in [9.17, 15) is 9.59 Å². The van der Waals surface area contributed by atoms with Crippen LogP contribution in [0, 0.1) is 34.5 Å². The first-order valence-corrected chi connectivity index (χ1v) is 14.2. The summed E-state index contributed by atoms with van der Waals surface area (Å²) in [7, 11) is 1.81. The normalized spacial score (nSPS) is 41.4. The average molecular weight is 484 g/mol. The SMILES string of the molecule is C/C(=N\OC(=O)N(C)C[C@@H]1CCCCN1)[C@H]1CC[C@H]2[C@@H]3CCC4=CC(=O)CC[C@]4(C)[C@H]3CC[C@]12C. The van der Waals surface area contributed by atoms with Gasteiger partial charge in [0.25, 0.3) is 0 Å². The minimum atomic E-state index is -0.355. The van der Waals surface area contributed by atoms with Gasteiger partial charge in [-0.1, -0.05) is 31.0 Å². The Bertz CT molecular complexity index is 907. The lowest BCUT2D eigenvalue weighted by Crippen LogP contribution is -2.51. The first kappa shape index (κ1) is 25.0. The summed E-state index contributed by atoms with van der Waals surface area (Å²) in [6, 6.07) is 0.353. The van der Waals surface area contributed by atoms with Crippen LogP contribution in [0.4, 0.5) is 4.79 Å². The second-order valence-corrected chi connectivity index (χ2v) is 12.8. The summed E-state index contributed by atoms with van der Waals surface area (Å²) in [6.07, 6.45) is 14.1. The summed E-state index contributed by atoms with van der Waals surface area (Å²) in [5.41, 5.74) is 2.86. The van der Waals surface area contributed by atoms with Crippen LogP contribution in [0.3, 0.4) is 0 Å². The van der Waals surface area contributed by atoms with Gasteiger partial charge in [0.1, 0.15) is 0 Å². The van der Waals surface area contributed by atoms with Crippen LogP contribution in [-0.4, -0.2) is 48.7 Å². The van der Waals surface area contributed by atoms with E-state index in [1.165, 1.54) is 44.1 Å². The van der Waals surface area contributed by atoms with Crippen LogP contribution in [0.2, 0.25) is 0 Å². The zero-order valence-electron chi connectivity index (χ0n) is 22.3. The van der Waals surface area contributed by atoms with Crippen molar-refractivity contribution in [3.05, 3.63) is 11.6 Å². The van der Waals surface area contributed by atoms with Crippen molar-refractivity contribution in [1.82, 2.24) is 10.2 Å². The highest BCUT2D eigenvalue weighted by molar-refractivity contribution is 5.91. The molecule has 0 aromatic rings. The lowest BCUT2D eigenvalue weighted by atomic mass is 9.46. The maximum atomic E-state index is 12.6. The van der Waals surface area contributed by atoms with Crippen molar-refractivity contribution in [2.75, 3.05) is 20.1 Å². The second-order valence-electron chi connectivity index (χ2n) is 12.8. The third kappa shape index (κ3) is 4.49. The van der Waals surface area contributed by atoms with Crippen molar-refractivity contribution in [3.8, 4) is 0 Å². The molecule has 6 nitrogen and oxygen atoms in total. The Hall–Kier alpha value is -1.69. The molecule has 0 aromatic heterocycles. The molecule has 3 saturated carbocycles. The first-order chi connectivity index (χ1) is 16.7. The standard InChI is InChI=1S/C29H45N3O3/c1-19(31-35-27(34)32(4)18-21-7-5-6-16-30-21)24-10-11-25-23-9-8-20-17-22(33)12-14-28(20,2)26(23)13-15-29(24,25)3/h17,21,23-26,30H,5-16,18H2,1-4H3/b31-19+/t21-,23-,24+,25-,26-,28-,29+/m0/s1. The topological polar surface area (TPSA) is 71.0 Å². The number of amides is 1. The van der Waals surface area contributed by atoms with Crippen LogP contribution >= 0.6 is 0 Å². The smallest absolute Gasteiger partial charge is 0.312 e. The van der Waals surface area contributed by atoms with E-state index in [2.05, 4.69) is 31.2 Å². The molecule has 0 aromatic carbocycles. The number of ketones is 1. The fraction of sp³-hybridized carbons (Fsp3) is 0.828. The molecule has 0 bridgehead atoms. The van der Waals surface area contributed by atoms with E-state index in [-0.39, 0.29) is 16.9 Å². The highest BCUT2D eigenvalue weighted by Crippen LogP contribution is 2.66. The lowest BCUT2D eigenvalue weighted by molar-refractivity contribution is -0.117. The molecule has 1 N–H and O–H groups in total. The molecule has 35 heavy (non-hydrogen) atoms. The molecule has 0 unspecified atom stereocenters. The van der Waals surface area contributed by atoms with Crippen LogP contribution in [0.5, 0.6) is 0 Å². The monoisotopic (exact) mass is 483 g/mol. The zero-order valence-corrected chi connectivity index (χ0v) is 22.3. The van der Waals surface area contributed by atoms with Crippen LogP contribution in [0.15, 0.2) is 16.8 Å². The van der Waals surface area contributed by atoms with Gasteiger partial charge in [0.15, 0.2) is 5.78 Å². The lowest BCUT2D eigenvalue weighted by Gasteiger charge is -2.58. The molecule has 1 saturated heterocycles. The number of hydrogen-bond donors (Lipinski definition) is 1. The minimum absolute atomic E-state index is 0.215. The Morgan fingerprint density at radius 1 is 1.11 bits per heavy atom. The summed E-state index contributed by atoms with van der Waals surface area (Å²) >= 11 is 0. The van der Waals surface area contributed by atoms with E-state index in [4.69, 9.17) is 4.84 Å². The van der Waals surface area contributed by atoms with Gasteiger partial charge in [-0.05, 0) is 106 Å². The summed E-state index contributed by atoms with van der Waals surface area (Å²) in [5, 5.41) is 7.90. The van der Waals surface area contributed by atoms with E-state index < -0.39 is 0 Å². The van der Waals surface area contributed by atoms with Crippen molar-refractivity contribution >= 4 is 17.6 Å². The van der Waals surface area contributed by atoms with Crippen molar-refractivity contribution < 1.29 is 14.4 Å². The van der Waals surface area contributed by atoms with Crippen molar-refractivity contribution in [1.29, 1.82) is 0 Å². The van der Waals surface area contributed by atoms with Crippen LogP contribution in [0.1, 0.15) is 91.4 Å². The number of hydrogen-bond acceptors (Lipinski definition) is 5. The molecule has 7 atom stereocenters. The first-order valence-electron chi connectivity index (χ1n) is 14.2. The fourth-order valence-corrected chi connectivity index (χ4v) is 8.97. The summed E-state index contributed by atoms with van der Waals surface area (Å²) in [4.78, 5) is 31.8. The van der Waals surface area contributed by atoms with Gasteiger partial charge < -0.3 is 10.2 Å². The van der Waals surface area contributed by atoms with E-state index >= 15 is 0 Å². The summed E-state index contributed by atoms with van der Waals surface area (Å²) in [5.74, 6) is 2.84. The maximum Gasteiger partial charge on any atom is 0.435 e. The molecule has 194 valence electrons. The van der Waals surface area contributed by atoms with Gasteiger partial charge in [-0.15, -0.1) is 0 Å². The molecule has 1 aliphatic heterocycles. The number of piperidine rings is 1. The largest absolute Gasteiger partial charge is 0.435 e. The predicted octanol–water partition coefficient (Wildman–Crippen LogP) is 5.72. The number of likely N-dealkylation sites (N-methyl/N-ethyl adjacent to an activating group) is 1.